The fraction of sp³-hybridized carbons (Fsp3) is 0.286. The molecule has 0 radical (unpaired) electrons. The molecule has 3 aromatic carbocycles. The monoisotopic (exact) mass is 688 g/mol. The molecule has 0 aromatic heterocycles. The van der Waals surface area contributed by atoms with Gasteiger partial charge >= 0.3 is 24.0 Å². The van der Waals surface area contributed by atoms with E-state index in [4.69, 9.17) is 10.5 Å². The third-order valence-electron chi connectivity index (χ3n) is 8.26. The maximum absolute atomic E-state index is 13.5. The predicted molar refractivity (Wildman–Crippen MR) is 176 cm³/mol. The van der Waals surface area contributed by atoms with Crippen molar-refractivity contribution in [1.82, 2.24) is 16.0 Å². The maximum Gasteiger partial charge on any atom is 0.407 e. The van der Waals surface area contributed by atoms with E-state index in [2.05, 4.69) is 16.0 Å². The highest BCUT2D eigenvalue weighted by molar-refractivity contribution is 5.99. The van der Waals surface area contributed by atoms with Crippen LogP contribution in [-0.4, -0.2) is 81.8 Å². The number of rotatable bonds is 16. The van der Waals surface area contributed by atoms with Gasteiger partial charge in [0.05, 0.1) is 0 Å². The summed E-state index contributed by atoms with van der Waals surface area (Å²) in [6, 6.07) is 16.6. The minimum atomic E-state index is -1.83. The van der Waals surface area contributed by atoms with Crippen molar-refractivity contribution in [3.63, 3.8) is 0 Å². The number of nitrogens with two attached hydrogens (primary N) is 1. The molecule has 4 rings (SSSR count). The second-order valence-corrected chi connectivity index (χ2v) is 11.7. The molecule has 0 unspecified atom stereocenters. The smallest absolute Gasteiger partial charge is 0.407 e. The van der Waals surface area contributed by atoms with Gasteiger partial charge in [0, 0.05) is 18.8 Å². The van der Waals surface area contributed by atoms with Crippen LogP contribution in [0.5, 0.6) is 0 Å². The first-order valence-electron chi connectivity index (χ1n) is 15.5. The molecule has 0 spiro atoms. The summed E-state index contributed by atoms with van der Waals surface area (Å²) in [5.41, 5.74) is 9.51. The number of primary amides is 1. The van der Waals surface area contributed by atoms with E-state index in [1.807, 2.05) is 48.5 Å². The number of carboxylic acid groups (broad SMARTS) is 3. The summed E-state index contributed by atoms with van der Waals surface area (Å²) in [7, 11) is 0. The highest BCUT2D eigenvalue weighted by Crippen LogP contribution is 2.44. The van der Waals surface area contributed by atoms with Gasteiger partial charge in [0.1, 0.15) is 24.7 Å². The number of aliphatic carboxylic acids is 3. The van der Waals surface area contributed by atoms with Crippen molar-refractivity contribution in [2.75, 3.05) is 6.61 Å². The maximum atomic E-state index is 13.5. The van der Waals surface area contributed by atoms with Crippen LogP contribution in [0.3, 0.4) is 0 Å². The van der Waals surface area contributed by atoms with Crippen LogP contribution in [-0.2, 0) is 39.9 Å². The zero-order chi connectivity index (χ0) is 36.5. The molecule has 3 atom stereocenters. The summed E-state index contributed by atoms with van der Waals surface area (Å²) >= 11 is 0. The van der Waals surface area contributed by atoms with Crippen LogP contribution in [0.15, 0.2) is 72.8 Å². The highest BCUT2D eigenvalue weighted by atomic mass is 16.5. The first-order chi connectivity index (χ1) is 23.8. The Bertz CT molecular complexity index is 1730. The SMILES string of the molecule is C[C@H](NC(=O)[C@H](Cc1ccc(C(C(=O)O)C(=O)O)cc1)NC(=O)[C@H](CCC(=O)O)NC(=O)OCC1c2ccccc2-c2ccccc21)C(N)=O. The standard InChI is InChI=1S/C35H36N4O11/c1-18(30(36)42)37-32(44)27(16-19-10-12-20(13-11-19)29(33(45)46)34(47)48)38-31(43)26(14-15-28(40)41)39-35(49)50-17-25-23-8-4-2-6-21(23)22-7-3-5-9-24(22)25/h2-13,18,25-27,29H,14-17H2,1H3,(H2,36,42)(H,37,44)(H,38,43)(H,39,49)(H,40,41)(H,45,46)(H,47,48)/t18-,26-,27-/m0/s1. The first kappa shape index (κ1) is 36.6. The number of alkyl carbamates (subject to hydrolysis) is 1. The second kappa shape index (κ2) is 16.2. The summed E-state index contributed by atoms with van der Waals surface area (Å²) < 4.78 is 5.53. The van der Waals surface area contributed by atoms with E-state index in [0.717, 1.165) is 22.3 Å². The average Bonchev–Trinajstić information content (AvgIpc) is 3.39. The Morgan fingerprint density at radius 2 is 1.28 bits per heavy atom. The van der Waals surface area contributed by atoms with Crippen molar-refractivity contribution >= 4 is 41.7 Å². The van der Waals surface area contributed by atoms with E-state index < -0.39 is 72.2 Å². The molecule has 0 fully saturated rings. The van der Waals surface area contributed by atoms with Crippen LogP contribution >= 0.6 is 0 Å². The van der Waals surface area contributed by atoms with Crippen LogP contribution in [0.25, 0.3) is 11.1 Å². The van der Waals surface area contributed by atoms with Gasteiger partial charge in [-0.1, -0.05) is 72.8 Å². The number of carboxylic acids is 3. The van der Waals surface area contributed by atoms with Crippen LogP contribution < -0.4 is 21.7 Å². The minimum Gasteiger partial charge on any atom is -0.481 e. The first-order valence-corrected chi connectivity index (χ1v) is 15.5. The number of hydrogen-bond donors (Lipinski definition) is 7. The third-order valence-corrected chi connectivity index (χ3v) is 8.26. The summed E-state index contributed by atoms with van der Waals surface area (Å²) in [6.45, 7) is 1.24. The van der Waals surface area contributed by atoms with Crippen LogP contribution in [0.1, 0.15) is 53.9 Å². The number of hydrogen-bond acceptors (Lipinski definition) is 8. The van der Waals surface area contributed by atoms with Gasteiger partial charge in [-0.05, 0) is 46.7 Å². The highest BCUT2D eigenvalue weighted by Gasteiger charge is 2.32. The lowest BCUT2D eigenvalue weighted by Crippen LogP contribution is -2.56. The molecule has 1 aliphatic carbocycles. The molecule has 1 aliphatic rings. The van der Waals surface area contributed by atoms with Crippen molar-refractivity contribution in [1.29, 1.82) is 0 Å². The van der Waals surface area contributed by atoms with Gasteiger partial charge in [0.15, 0.2) is 5.92 Å². The van der Waals surface area contributed by atoms with Gasteiger partial charge in [-0.25, -0.2) is 4.79 Å². The number of carbonyl (C=O) groups is 7. The van der Waals surface area contributed by atoms with Gasteiger partial charge < -0.3 is 41.7 Å². The van der Waals surface area contributed by atoms with E-state index in [1.54, 1.807) is 0 Å². The van der Waals surface area contributed by atoms with Crippen molar-refractivity contribution < 1.29 is 53.6 Å². The molecule has 50 heavy (non-hydrogen) atoms. The van der Waals surface area contributed by atoms with Crippen molar-refractivity contribution in [2.45, 2.75) is 56.1 Å². The number of fused-ring (bicyclic) bond motifs is 3. The zero-order valence-electron chi connectivity index (χ0n) is 26.8. The van der Waals surface area contributed by atoms with Crippen LogP contribution in [0.2, 0.25) is 0 Å². The Morgan fingerprint density at radius 1 is 0.740 bits per heavy atom. The van der Waals surface area contributed by atoms with Crippen molar-refractivity contribution in [2.24, 2.45) is 5.73 Å². The number of ether oxygens (including phenoxy) is 1. The Morgan fingerprint density at radius 3 is 1.80 bits per heavy atom. The molecular formula is C35H36N4O11. The lowest BCUT2D eigenvalue weighted by molar-refractivity contribution is -0.150. The fourth-order valence-electron chi connectivity index (χ4n) is 5.66. The molecule has 0 saturated carbocycles. The van der Waals surface area contributed by atoms with E-state index in [0.29, 0.717) is 5.56 Å². The summed E-state index contributed by atoms with van der Waals surface area (Å²) in [5, 5.41) is 35.1. The van der Waals surface area contributed by atoms with Crippen LogP contribution in [0.4, 0.5) is 4.79 Å². The van der Waals surface area contributed by atoms with E-state index >= 15 is 0 Å². The second-order valence-electron chi connectivity index (χ2n) is 11.7. The molecule has 4 amide bonds. The quantitative estimate of drug-likeness (QED) is 0.107. The predicted octanol–water partition coefficient (Wildman–Crippen LogP) is 1.73. The minimum absolute atomic E-state index is 0.0397. The topological polar surface area (TPSA) is 252 Å². The van der Waals surface area contributed by atoms with E-state index in [-0.39, 0.29) is 30.9 Å². The van der Waals surface area contributed by atoms with Gasteiger partial charge in [0.2, 0.25) is 17.7 Å². The molecule has 15 heteroatoms. The molecule has 0 heterocycles. The van der Waals surface area contributed by atoms with Crippen molar-refractivity contribution in [3.8, 4) is 11.1 Å². The zero-order valence-corrected chi connectivity index (χ0v) is 26.8. The molecule has 8 N–H and O–H groups in total. The number of carbonyl (C=O) groups excluding carboxylic acids is 4. The molecule has 3 aromatic rings. The Labute approximate surface area is 285 Å². The van der Waals surface area contributed by atoms with Gasteiger partial charge in [-0.2, -0.15) is 0 Å². The lowest BCUT2D eigenvalue weighted by Gasteiger charge is -2.24. The lowest BCUT2D eigenvalue weighted by atomic mass is 9.96. The largest absolute Gasteiger partial charge is 0.481 e. The van der Waals surface area contributed by atoms with E-state index in [9.17, 15) is 48.9 Å². The Kier molecular flexibility index (Phi) is 11.9. The Hall–Kier alpha value is -6.25. The fourth-order valence-corrected chi connectivity index (χ4v) is 5.66. The van der Waals surface area contributed by atoms with Gasteiger partial charge in [-0.3, -0.25) is 28.8 Å². The van der Waals surface area contributed by atoms with Crippen molar-refractivity contribution in [3.05, 3.63) is 95.1 Å². The summed E-state index contributed by atoms with van der Waals surface area (Å²) in [5.74, 6) is -9.16. The van der Waals surface area contributed by atoms with Gasteiger partial charge in [0.25, 0.3) is 0 Å². The summed E-state index contributed by atoms with van der Waals surface area (Å²) in [6.07, 6.45) is -2.11. The summed E-state index contributed by atoms with van der Waals surface area (Å²) in [4.78, 5) is 85.6. The molecule has 0 aliphatic heterocycles. The molecule has 262 valence electrons. The molecule has 15 nitrogen and oxygen atoms in total. The number of amides is 4. The molecule has 0 saturated heterocycles. The third kappa shape index (κ3) is 9.00. The molecular weight excluding hydrogens is 652 g/mol. The van der Waals surface area contributed by atoms with Crippen LogP contribution in [0, 0.1) is 0 Å². The average molecular weight is 689 g/mol. The van der Waals surface area contributed by atoms with Gasteiger partial charge in [-0.15, -0.1) is 0 Å². The Balaban J connectivity index is 1.50. The normalized spacial score (nSPS) is 13.6. The molecule has 0 bridgehead atoms. The number of benzene rings is 3. The number of nitrogens with one attached hydrogen (secondary N) is 3. The van der Waals surface area contributed by atoms with E-state index in [1.165, 1.54) is 31.2 Å².